The van der Waals surface area contributed by atoms with E-state index >= 15 is 0 Å². The Bertz CT molecular complexity index is 629. The van der Waals surface area contributed by atoms with Gasteiger partial charge in [-0.25, -0.2) is 0 Å². The van der Waals surface area contributed by atoms with Crippen LogP contribution in [0.15, 0.2) is 60.7 Å². The van der Waals surface area contributed by atoms with E-state index in [9.17, 15) is 4.79 Å². The van der Waals surface area contributed by atoms with Crippen LogP contribution in [-0.2, 0) is 10.5 Å². The molecule has 0 aromatic heterocycles. The topological polar surface area (TPSA) is 20.3 Å². The van der Waals surface area contributed by atoms with Crippen LogP contribution in [0.25, 0.3) is 0 Å². The van der Waals surface area contributed by atoms with Crippen molar-refractivity contribution in [1.29, 1.82) is 0 Å². The lowest BCUT2D eigenvalue weighted by atomic mass is 9.94. The van der Waals surface area contributed by atoms with E-state index in [0.29, 0.717) is 17.6 Å². The van der Waals surface area contributed by atoms with Crippen molar-refractivity contribution in [3.05, 3.63) is 71.8 Å². The van der Waals surface area contributed by atoms with Crippen LogP contribution in [0, 0.1) is 0 Å². The number of thioether (sulfide) groups is 1. The zero-order chi connectivity index (χ0) is 16.6. The molecule has 0 spiro atoms. The maximum Gasteiger partial charge on any atom is 0.232 e. The molecule has 1 amide bonds. The summed E-state index contributed by atoms with van der Waals surface area (Å²) >= 11 is 1.72. The lowest BCUT2D eigenvalue weighted by Gasteiger charge is -2.25. The lowest BCUT2D eigenvalue weighted by Crippen LogP contribution is -2.35. The molecule has 1 aliphatic rings. The van der Waals surface area contributed by atoms with Crippen LogP contribution in [0.2, 0.25) is 0 Å². The lowest BCUT2D eigenvalue weighted by molar-refractivity contribution is -0.128. The summed E-state index contributed by atoms with van der Waals surface area (Å²) in [5, 5.41) is 0. The van der Waals surface area contributed by atoms with Gasteiger partial charge in [-0.05, 0) is 24.0 Å². The van der Waals surface area contributed by atoms with Gasteiger partial charge in [0.25, 0.3) is 0 Å². The molecule has 3 rings (SSSR count). The fourth-order valence-corrected chi connectivity index (χ4v) is 4.17. The Balaban J connectivity index is 1.53. The van der Waals surface area contributed by atoms with Gasteiger partial charge in [0.05, 0.1) is 5.75 Å². The number of amides is 1. The number of hydrogen-bond donors (Lipinski definition) is 0. The van der Waals surface area contributed by atoms with Crippen LogP contribution in [0.4, 0.5) is 0 Å². The van der Waals surface area contributed by atoms with Crippen LogP contribution in [0.5, 0.6) is 0 Å². The first-order chi connectivity index (χ1) is 11.8. The summed E-state index contributed by atoms with van der Waals surface area (Å²) in [5.41, 5.74) is 2.66. The van der Waals surface area contributed by atoms with Gasteiger partial charge in [0.2, 0.25) is 5.91 Å². The average Bonchev–Trinajstić information content (AvgIpc) is 2.90. The van der Waals surface area contributed by atoms with E-state index < -0.39 is 0 Å². The standard InChI is InChI=1S/C21H25NOS/c23-21(17-24-16-18-9-3-1-4-10-18)22-14-8-7-13-20(15-22)19-11-5-2-6-12-19/h1-6,9-12,20H,7-8,13-17H2. The summed E-state index contributed by atoms with van der Waals surface area (Å²) < 4.78 is 0. The van der Waals surface area contributed by atoms with Gasteiger partial charge >= 0.3 is 0 Å². The molecule has 0 saturated carbocycles. The van der Waals surface area contributed by atoms with Crippen LogP contribution in [0.3, 0.4) is 0 Å². The molecule has 1 fully saturated rings. The van der Waals surface area contributed by atoms with Crippen LogP contribution in [-0.4, -0.2) is 29.6 Å². The second kappa shape index (κ2) is 8.93. The Kier molecular flexibility index (Phi) is 6.36. The summed E-state index contributed by atoms with van der Waals surface area (Å²) in [6.45, 7) is 1.78. The van der Waals surface area contributed by atoms with Gasteiger partial charge in [-0.3, -0.25) is 4.79 Å². The molecule has 126 valence electrons. The van der Waals surface area contributed by atoms with Crippen molar-refractivity contribution in [3.63, 3.8) is 0 Å². The van der Waals surface area contributed by atoms with E-state index in [1.807, 2.05) is 6.07 Å². The SMILES string of the molecule is O=C(CSCc1ccccc1)N1CCCCC(c2ccccc2)C1. The molecule has 2 nitrogen and oxygen atoms in total. The highest BCUT2D eigenvalue weighted by molar-refractivity contribution is 7.99. The molecule has 3 heteroatoms. The fourth-order valence-electron chi connectivity index (χ4n) is 3.29. The predicted octanol–water partition coefficient (Wildman–Crippen LogP) is 4.72. The second-order valence-corrected chi connectivity index (χ2v) is 7.41. The van der Waals surface area contributed by atoms with E-state index in [1.165, 1.54) is 24.0 Å². The summed E-state index contributed by atoms with van der Waals surface area (Å²) in [5.74, 6) is 2.26. The highest BCUT2D eigenvalue weighted by Crippen LogP contribution is 2.26. The number of carbonyl (C=O) groups is 1. The summed E-state index contributed by atoms with van der Waals surface area (Å²) in [6, 6.07) is 21.0. The number of rotatable bonds is 5. The summed E-state index contributed by atoms with van der Waals surface area (Å²) in [6.07, 6.45) is 3.52. The van der Waals surface area contributed by atoms with E-state index in [-0.39, 0.29) is 0 Å². The van der Waals surface area contributed by atoms with E-state index in [0.717, 1.165) is 25.3 Å². The first-order valence-electron chi connectivity index (χ1n) is 8.77. The Morgan fingerprint density at radius 3 is 2.46 bits per heavy atom. The number of carbonyl (C=O) groups excluding carboxylic acids is 1. The minimum Gasteiger partial charge on any atom is -0.341 e. The van der Waals surface area contributed by atoms with Crippen molar-refractivity contribution in [1.82, 2.24) is 4.90 Å². The quantitative estimate of drug-likeness (QED) is 0.786. The molecule has 1 saturated heterocycles. The maximum absolute atomic E-state index is 12.6. The molecule has 1 aliphatic heterocycles. The Morgan fingerprint density at radius 2 is 1.71 bits per heavy atom. The van der Waals surface area contributed by atoms with Crippen molar-refractivity contribution < 1.29 is 4.79 Å². The highest BCUT2D eigenvalue weighted by atomic mass is 32.2. The van der Waals surface area contributed by atoms with E-state index in [4.69, 9.17) is 0 Å². The highest BCUT2D eigenvalue weighted by Gasteiger charge is 2.22. The van der Waals surface area contributed by atoms with Crippen molar-refractivity contribution in [2.45, 2.75) is 30.9 Å². The molecular formula is C21H25NOS. The Morgan fingerprint density at radius 1 is 1.00 bits per heavy atom. The van der Waals surface area contributed by atoms with E-state index in [2.05, 4.69) is 59.5 Å². The van der Waals surface area contributed by atoms with Crippen molar-refractivity contribution >= 4 is 17.7 Å². The summed E-state index contributed by atoms with van der Waals surface area (Å²) in [4.78, 5) is 14.7. The van der Waals surface area contributed by atoms with Gasteiger partial charge in [-0.1, -0.05) is 67.1 Å². The molecule has 0 radical (unpaired) electrons. The van der Waals surface area contributed by atoms with Gasteiger partial charge in [-0.2, -0.15) is 0 Å². The van der Waals surface area contributed by atoms with Gasteiger partial charge in [0, 0.05) is 24.8 Å². The van der Waals surface area contributed by atoms with Gasteiger partial charge in [-0.15, -0.1) is 11.8 Å². The number of hydrogen-bond acceptors (Lipinski definition) is 2. The van der Waals surface area contributed by atoms with Crippen LogP contribution >= 0.6 is 11.8 Å². The third kappa shape index (κ3) is 4.88. The minimum atomic E-state index is 0.291. The predicted molar refractivity (Wildman–Crippen MR) is 102 cm³/mol. The molecule has 2 aromatic carbocycles. The van der Waals surface area contributed by atoms with Gasteiger partial charge < -0.3 is 4.90 Å². The largest absolute Gasteiger partial charge is 0.341 e. The van der Waals surface area contributed by atoms with Gasteiger partial charge in [0.1, 0.15) is 0 Å². The first kappa shape index (κ1) is 17.1. The van der Waals surface area contributed by atoms with Crippen molar-refractivity contribution in [3.8, 4) is 0 Å². The monoisotopic (exact) mass is 339 g/mol. The molecular weight excluding hydrogens is 314 g/mol. The molecule has 0 aliphatic carbocycles. The zero-order valence-electron chi connectivity index (χ0n) is 14.1. The maximum atomic E-state index is 12.6. The van der Waals surface area contributed by atoms with Crippen molar-refractivity contribution in [2.75, 3.05) is 18.8 Å². The normalized spacial score (nSPS) is 18.2. The smallest absolute Gasteiger partial charge is 0.232 e. The van der Waals surface area contributed by atoms with Crippen LogP contribution < -0.4 is 0 Å². The molecule has 0 bridgehead atoms. The second-order valence-electron chi connectivity index (χ2n) is 6.42. The molecule has 24 heavy (non-hydrogen) atoms. The van der Waals surface area contributed by atoms with Crippen molar-refractivity contribution in [2.24, 2.45) is 0 Å². The van der Waals surface area contributed by atoms with Gasteiger partial charge in [0.15, 0.2) is 0 Å². The first-order valence-corrected chi connectivity index (χ1v) is 9.93. The molecule has 2 aromatic rings. The Labute approximate surface area is 149 Å². The fraction of sp³-hybridized carbons (Fsp3) is 0.381. The minimum absolute atomic E-state index is 0.291. The number of benzene rings is 2. The Hall–Kier alpha value is -1.74. The number of nitrogens with zero attached hydrogens (tertiary/aromatic N) is 1. The summed E-state index contributed by atoms with van der Waals surface area (Å²) in [7, 11) is 0. The molecule has 1 heterocycles. The third-order valence-corrected chi connectivity index (χ3v) is 5.62. The van der Waals surface area contributed by atoms with Crippen LogP contribution in [0.1, 0.15) is 36.3 Å². The molecule has 1 atom stereocenters. The molecule has 0 N–H and O–H groups in total. The van der Waals surface area contributed by atoms with E-state index in [1.54, 1.807) is 11.8 Å². The zero-order valence-corrected chi connectivity index (χ0v) is 14.9. The third-order valence-electron chi connectivity index (χ3n) is 4.63. The molecule has 1 unspecified atom stereocenters. The average molecular weight is 340 g/mol. The number of likely N-dealkylation sites (tertiary alicyclic amines) is 1.